The number of ether oxygens (including phenoxy) is 2. The summed E-state index contributed by atoms with van der Waals surface area (Å²) in [6.07, 6.45) is 0.913. The third-order valence-electron chi connectivity index (χ3n) is 2.75. The summed E-state index contributed by atoms with van der Waals surface area (Å²) in [6, 6.07) is 6.88. The summed E-state index contributed by atoms with van der Waals surface area (Å²) in [5.74, 6) is -0.628. The van der Waals surface area contributed by atoms with Crippen molar-refractivity contribution in [1.29, 1.82) is 0 Å². The van der Waals surface area contributed by atoms with Crippen LogP contribution in [0.2, 0.25) is 0 Å². The van der Waals surface area contributed by atoms with E-state index in [0.717, 1.165) is 0 Å². The van der Waals surface area contributed by atoms with E-state index in [2.05, 4.69) is 10.6 Å². The Morgan fingerprint density at radius 1 is 1.00 bits per heavy atom. The molecule has 0 unspecified atom stereocenters. The molecule has 6 nitrogen and oxygen atoms in total. The van der Waals surface area contributed by atoms with Crippen molar-refractivity contribution >= 4 is 17.5 Å². The molecular formula is C17H26N2O4. The van der Waals surface area contributed by atoms with E-state index in [4.69, 9.17) is 9.47 Å². The van der Waals surface area contributed by atoms with Crippen molar-refractivity contribution in [1.82, 2.24) is 5.32 Å². The molecule has 0 aliphatic heterocycles. The second-order valence-electron chi connectivity index (χ2n) is 5.67. The second-order valence-corrected chi connectivity index (χ2v) is 5.67. The molecule has 0 fully saturated rings. The van der Waals surface area contributed by atoms with Crippen molar-refractivity contribution in [2.24, 2.45) is 0 Å². The number of anilines is 1. The van der Waals surface area contributed by atoms with Gasteiger partial charge in [-0.2, -0.15) is 0 Å². The van der Waals surface area contributed by atoms with E-state index < -0.39 is 11.8 Å². The van der Waals surface area contributed by atoms with Gasteiger partial charge < -0.3 is 20.1 Å². The molecule has 0 heterocycles. The highest BCUT2D eigenvalue weighted by Crippen LogP contribution is 2.16. The molecule has 0 aliphatic carbocycles. The monoisotopic (exact) mass is 322 g/mol. The van der Waals surface area contributed by atoms with E-state index in [1.807, 2.05) is 27.7 Å². The molecule has 0 spiro atoms. The Morgan fingerprint density at radius 2 is 1.65 bits per heavy atom. The Hall–Kier alpha value is -2.08. The van der Waals surface area contributed by atoms with Gasteiger partial charge in [0, 0.05) is 18.8 Å². The molecule has 0 aliphatic rings. The first-order valence-corrected chi connectivity index (χ1v) is 7.86. The smallest absolute Gasteiger partial charge is 0.313 e. The van der Waals surface area contributed by atoms with Gasteiger partial charge in [-0.25, -0.2) is 0 Å². The average molecular weight is 322 g/mol. The Morgan fingerprint density at radius 3 is 2.22 bits per heavy atom. The molecule has 128 valence electrons. The highest BCUT2D eigenvalue weighted by Gasteiger charge is 2.13. The lowest BCUT2D eigenvalue weighted by Gasteiger charge is -2.11. The molecule has 6 heteroatoms. The van der Waals surface area contributed by atoms with E-state index >= 15 is 0 Å². The maximum atomic E-state index is 11.8. The molecule has 1 aromatic rings. The van der Waals surface area contributed by atoms with E-state index in [0.29, 0.717) is 31.0 Å². The van der Waals surface area contributed by atoms with Crippen LogP contribution in [-0.4, -0.2) is 37.2 Å². The fourth-order valence-electron chi connectivity index (χ4n) is 1.75. The zero-order chi connectivity index (χ0) is 17.2. The van der Waals surface area contributed by atoms with Gasteiger partial charge in [-0.15, -0.1) is 0 Å². The summed E-state index contributed by atoms with van der Waals surface area (Å²) in [4.78, 5) is 23.4. The fraction of sp³-hybridized carbons (Fsp3) is 0.529. The maximum Gasteiger partial charge on any atom is 0.313 e. The maximum absolute atomic E-state index is 11.8. The number of amides is 2. The predicted molar refractivity (Wildman–Crippen MR) is 89.6 cm³/mol. The van der Waals surface area contributed by atoms with Crippen molar-refractivity contribution in [3.8, 4) is 5.75 Å². The number of carbonyl (C=O) groups excluding carboxylic acids is 2. The van der Waals surface area contributed by atoms with Gasteiger partial charge in [0.15, 0.2) is 0 Å². The van der Waals surface area contributed by atoms with Crippen LogP contribution in [0, 0.1) is 0 Å². The van der Waals surface area contributed by atoms with Gasteiger partial charge in [0.05, 0.1) is 12.2 Å². The summed E-state index contributed by atoms with van der Waals surface area (Å²) < 4.78 is 10.9. The van der Waals surface area contributed by atoms with Crippen LogP contribution in [0.25, 0.3) is 0 Å². The van der Waals surface area contributed by atoms with E-state index in [1.165, 1.54) is 0 Å². The molecule has 0 saturated carbocycles. The first-order valence-electron chi connectivity index (χ1n) is 7.86. The van der Waals surface area contributed by atoms with Crippen LogP contribution in [0.4, 0.5) is 5.69 Å². The molecule has 1 aromatic carbocycles. The molecule has 0 atom stereocenters. The molecule has 0 saturated heterocycles. The van der Waals surface area contributed by atoms with Gasteiger partial charge in [0.1, 0.15) is 5.75 Å². The SMILES string of the molecule is CC(C)OCCCNC(=O)C(=O)Nc1ccc(OC(C)C)cc1. The molecule has 2 N–H and O–H groups in total. The minimum Gasteiger partial charge on any atom is -0.491 e. The number of hydrogen-bond acceptors (Lipinski definition) is 4. The number of nitrogens with one attached hydrogen (secondary N) is 2. The number of carbonyl (C=O) groups is 2. The number of benzene rings is 1. The van der Waals surface area contributed by atoms with Crippen LogP contribution in [0.3, 0.4) is 0 Å². The van der Waals surface area contributed by atoms with Crippen LogP contribution >= 0.6 is 0 Å². The zero-order valence-corrected chi connectivity index (χ0v) is 14.2. The van der Waals surface area contributed by atoms with Gasteiger partial charge in [-0.1, -0.05) is 0 Å². The molecule has 1 rings (SSSR count). The first-order chi connectivity index (χ1) is 10.9. The molecule has 23 heavy (non-hydrogen) atoms. The Bertz CT molecular complexity index is 498. The van der Waals surface area contributed by atoms with E-state index in [-0.39, 0.29) is 12.2 Å². The fourth-order valence-corrected chi connectivity index (χ4v) is 1.75. The van der Waals surface area contributed by atoms with Gasteiger partial charge in [-0.05, 0) is 58.4 Å². The Balaban J connectivity index is 2.33. The third kappa shape index (κ3) is 8.21. The van der Waals surface area contributed by atoms with Crippen molar-refractivity contribution in [2.45, 2.75) is 46.3 Å². The van der Waals surface area contributed by atoms with Crippen molar-refractivity contribution in [2.75, 3.05) is 18.5 Å². The van der Waals surface area contributed by atoms with Gasteiger partial charge in [-0.3, -0.25) is 9.59 Å². The lowest BCUT2D eigenvalue weighted by Crippen LogP contribution is -2.36. The molecule has 0 bridgehead atoms. The Labute approximate surface area is 137 Å². The molecular weight excluding hydrogens is 296 g/mol. The summed E-state index contributed by atoms with van der Waals surface area (Å²) in [7, 11) is 0. The van der Waals surface area contributed by atoms with Gasteiger partial charge in [0.25, 0.3) is 0 Å². The van der Waals surface area contributed by atoms with E-state index in [9.17, 15) is 9.59 Å². The quantitative estimate of drug-likeness (QED) is 0.569. The van der Waals surface area contributed by atoms with Crippen molar-refractivity contribution < 1.29 is 19.1 Å². The largest absolute Gasteiger partial charge is 0.491 e. The Kier molecular flexibility index (Phi) is 8.11. The van der Waals surface area contributed by atoms with Crippen LogP contribution in [-0.2, 0) is 14.3 Å². The minimum absolute atomic E-state index is 0.0842. The molecule has 0 aromatic heterocycles. The summed E-state index contributed by atoms with van der Waals surface area (Å²) in [5, 5.41) is 5.10. The van der Waals surface area contributed by atoms with Crippen LogP contribution in [0.5, 0.6) is 5.75 Å². The zero-order valence-electron chi connectivity index (χ0n) is 14.2. The standard InChI is InChI=1S/C17H26N2O4/c1-12(2)22-11-5-10-18-16(20)17(21)19-14-6-8-15(9-7-14)23-13(3)4/h6-9,12-13H,5,10-11H2,1-4H3,(H,18,20)(H,19,21). The van der Waals surface area contributed by atoms with Gasteiger partial charge in [0.2, 0.25) is 0 Å². The molecule has 0 radical (unpaired) electrons. The average Bonchev–Trinajstić information content (AvgIpc) is 2.47. The lowest BCUT2D eigenvalue weighted by atomic mass is 10.3. The van der Waals surface area contributed by atoms with Crippen LogP contribution < -0.4 is 15.4 Å². The minimum atomic E-state index is -0.688. The summed E-state index contributed by atoms with van der Waals surface area (Å²) in [6.45, 7) is 8.72. The van der Waals surface area contributed by atoms with Crippen molar-refractivity contribution in [3.05, 3.63) is 24.3 Å². The van der Waals surface area contributed by atoms with Crippen LogP contribution in [0.15, 0.2) is 24.3 Å². The highest BCUT2D eigenvalue weighted by atomic mass is 16.5. The van der Waals surface area contributed by atoms with Crippen molar-refractivity contribution in [3.63, 3.8) is 0 Å². The molecule has 2 amide bonds. The summed E-state index contributed by atoms with van der Waals surface area (Å²) in [5.41, 5.74) is 0.546. The highest BCUT2D eigenvalue weighted by molar-refractivity contribution is 6.39. The van der Waals surface area contributed by atoms with Gasteiger partial charge >= 0.3 is 11.8 Å². The normalized spacial score (nSPS) is 10.7. The lowest BCUT2D eigenvalue weighted by molar-refractivity contribution is -0.136. The number of rotatable bonds is 8. The first kappa shape index (κ1) is 19.0. The second kappa shape index (κ2) is 9.84. The van der Waals surface area contributed by atoms with Crippen LogP contribution in [0.1, 0.15) is 34.1 Å². The predicted octanol–water partition coefficient (Wildman–Crippen LogP) is 2.34. The third-order valence-corrected chi connectivity index (χ3v) is 2.75. The summed E-state index contributed by atoms with van der Waals surface area (Å²) >= 11 is 0. The van der Waals surface area contributed by atoms with E-state index in [1.54, 1.807) is 24.3 Å². The number of hydrogen-bond donors (Lipinski definition) is 2. The topological polar surface area (TPSA) is 76.7 Å².